The lowest BCUT2D eigenvalue weighted by atomic mass is 10.0. The van der Waals surface area contributed by atoms with Gasteiger partial charge in [0.15, 0.2) is 0 Å². The molecule has 0 amide bonds. The number of anilines is 1. The highest BCUT2D eigenvalue weighted by Gasteiger charge is 2.32. The van der Waals surface area contributed by atoms with Gasteiger partial charge in [-0.25, -0.2) is 14.4 Å². The number of carbonyl (C=O) groups is 4. The van der Waals surface area contributed by atoms with Crippen LogP contribution < -0.4 is 4.90 Å². The monoisotopic (exact) mass is 449 g/mol. The van der Waals surface area contributed by atoms with Gasteiger partial charge in [-0.3, -0.25) is 4.79 Å². The molecule has 1 heterocycles. The molecule has 1 aliphatic rings. The van der Waals surface area contributed by atoms with E-state index in [1.165, 1.54) is 35.4 Å². The molecule has 0 unspecified atom stereocenters. The predicted molar refractivity (Wildman–Crippen MR) is 103 cm³/mol. The number of esters is 2. The summed E-state index contributed by atoms with van der Waals surface area (Å²) >= 11 is 3.24. The van der Waals surface area contributed by atoms with Gasteiger partial charge < -0.3 is 19.5 Å². The Balaban J connectivity index is 2.86. The van der Waals surface area contributed by atoms with E-state index < -0.39 is 23.7 Å². The van der Waals surface area contributed by atoms with Gasteiger partial charge in [0.05, 0.1) is 31.0 Å². The van der Waals surface area contributed by atoms with Crippen LogP contribution in [-0.4, -0.2) is 43.0 Å². The molecule has 28 heavy (non-hydrogen) atoms. The summed E-state index contributed by atoms with van der Waals surface area (Å²) < 4.78 is 9.79. The number of carboxylic acid groups (broad SMARTS) is 1. The second-order valence-electron chi connectivity index (χ2n) is 5.54. The summed E-state index contributed by atoms with van der Waals surface area (Å²) in [4.78, 5) is 49.6. The smallest absolute Gasteiger partial charge is 0.377 e. The van der Waals surface area contributed by atoms with Gasteiger partial charge >= 0.3 is 17.9 Å². The molecule has 1 aromatic rings. The van der Waals surface area contributed by atoms with Crippen molar-refractivity contribution in [1.29, 1.82) is 0 Å². The van der Waals surface area contributed by atoms with Gasteiger partial charge in [-0.15, -0.1) is 0 Å². The van der Waals surface area contributed by atoms with Gasteiger partial charge in [0.1, 0.15) is 5.70 Å². The normalized spacial score (nSPS) is 13.2. The molecule has 1 aliphatic heterocycles. The average Bonchev–Trinajstić information content (AvgIpc) is 2.90. The Morgan fingerprint density at radius 1 is 1.04 bits per heavy atom. The van der Waals surface area contributed by atoms with Crippen molar-refractivity contribution < 1.29 is 33.8 Å². The van der Waals surface area contributed by atoms with Crippen LogP contribution in [0.15, 0.2) is 52.3 Å². The van der Waals surface area contributed by atoms with Crippen LogP contribution in [0.2, 0.25) is 0 Å². The quantitative estimate of drug-likeness (QED) is 0.414. The van der Waals surface area contributed by atoms with Crippen molar-refractivity contribution in [1.82, 2.24) is 0 Å². The highest BCUT2D eigenvalue weighted by atomic mass is 79.9. The zero-order chi connectivity index (χ0) is 21.0. The number of allylic oxidation sites excluding steroid dienone is 2. The van der Waals surface area contributed by atoms with Crippen LogP contribution >= 0.6 is 15.9 Å². The number of aryl methyl sites for hydroxylation is 1. The van der Waals surface area contributed by atoms with Crippen LogP contribution in [0, 0.1) is 6.92 Å². The SMILES string of the molecule is COC(=O)C1=C(C(=O)OC)N(c2ccc(C)c(Br)c2C(=O)C(=O)O)C=CC=C1. The van der Waals surface area contributed by atoms with Crippen LogP contribution in [0.1, 0.15) is 15.9 Å². The van der Waals surface area contributed by atoms with E-state index in [2.05, 4.69) is 15.9 Å². The van der Waals surface area contributed by atoms with Crippen LogP contribution in [-0.2, 0) is 23.9 Å². The maximum Gasteiger partial charge on any atom is 0.377 e. The fourth-order valence-electron chi connectivity index (χ4n) is 2.54. The van der Waals surface area contributed by atoms with Crippen LogP contribution in [0.4, 0.5) is 5.69 Å². The lowest BCUT2D eigenvalue weighted by molar-refractivity contribution is -0.139. The lowest BCUT2D eigenvalue weighted by Gasteiger charge is -2.25. The van der Waals surface area contributed by atoms with E-state index in [0.29, 0.717) is 5.56 Å². The van der Waals surface area contributed by atoms with Crippen molar-refractivity contribution in [2.24, 2.45) is 0 Å². The molecule has 0 bridgehead atoms. The second kappa shape index (κ2) is 8.66. The number of ether oxygens (including phenoxy) is 2. The lowest BCUT2D eigenvalue weighted by Crippen LogP contribution is -2.29. The van der Waals surface area contributed by atoms with E-state index in [4.69, 9.17) is 9.47 Å². The van der Waals surface area contributed by atoms with Gasteiger partial charge in [-0.2, -0.15) is 0 Å². The van der Waals surface area contributed by atoms with Crippen LogP contribution in [0.3, 0.4) is 0 Å². The number of ketones is 1. The largest absolute Gasteiger partial charge is 0.475 e. The van der Waals surface area contributed by atoms with Crippen LogP contribution in [0.25, 0.3) is 0 Å². The predicted octanol–water partition coefficient (Wildman–Crippen LogP) is 2.51. The van der Waals surface area contributed by atoms with Crippen molar-refractivity contribution in [3.05, 3.63) is 63.4 Å². The van der Waals surface area contributed by atoms with Crippen molar-refractivity contribution in [2.75, 3.05) is 19.1 Å². The number of nitrogens with zero attached hydrogens (tertiary/aromatic N) is 1. The Kier molecular flexibility index (Phi) is 6.53. The number of methoxy groups -OCH3 is 2. The first-order chi connectivity index (χ1) is 13.2. The first-order valence-corrected chi connectivity index (χ1v) is 8.65. The molecule has 0 radical (unpaired) electrons. The highest BCUT2D eigenvalue weighted by molar-refractivity contribution is 9.10. The molecular weight excluding hydrogens is 434 g/mol. The standard InChI is InChI=1S/C19H16BrNO7/c1-10-7-8-12(13(14(10)20)16(22)17(23)24)21-9-5-4-6-11(18(25)27-2)15(21)19(26)28-3/h4-9H,1-3H3,(H,23,24). The average molecular weight is 450 g/mol. The van der Waals surface area contributed by atoms with E-state index >= 15 is 0 Å². The molecule has 8 nitrogen and oxygen atoms in total. The Bertz CT molecular complexity index is 959. The molecular formula is C19H16BrNO7. The molecule has 0 aliphatic carbocycles. The molecule has 0 fully saturated rings. The minimum Gasteiger partial charge on any atom is -0.475 e. The molecule has 0 saturated carbocycles. The molecule has 0 saturated heterocycles. The van der Waals surface area contributed by atoms with Crippen molar-refractivity contribution in [3.63, 3.8) is 0 Å². The second-order valence-corrected chi connectivity index (χ2v) is 6.33. The topological polar surface area (TPSA) is 110 Å². The number of aliphatic carboxylic acids is 1. The molecule has 1 N–H and O–H groups in total. The fraction of sp³-hybridized carbons (Fsp3) is 0.158. The summed E-state index contributed by atoms with van der Waals surface area (Å²) in [5, 5.41) is 9.23. The summed E-state index contributed by atoms with van der Waals surface area (Å²) in [5.74, 6) is -4.52. The number of benzene rings is 1. The summed E-state index contributed by atoms with van der Waals surface area (Å²) in [6.07, 6.45) is 5.78. The van der Waals surface area contributed by atoms with Crippen molar-refractivity contribution in [2.45, 2.75) is 6.92 Å². The minimum absolute atomic E-state index is 0.0756. The first-order valence-electron chi connectivity index (χ1n) is 7.86. The van der Waals surface area contributed by atoms with Crippen molar-refractivity contribution in [3.8, 4) is 0 Å². The van der Waals surface area contributed by atoms with E-state index in [0.717, 1.165) is 14.2 Å². The third-order valence-electron chi connectivity index (χ3n) is 3.88. The maximum absolute atomic E-state index is 12.5. The number of hydrogen-bond acceptors (Lipinski definition) is 7. The number of Topliss-reactive ketones (excluding diaryl/α,β-unsaturated/α-hetero) is 1. The third-order valence-corrected chi connectivity index (χ3v) is 4.91. The molecule has 2 rings (SSSR count). The number of carboxylic acids is 1. The van der Waals surface area contributed by atoms with E-state index in [1.807, 2.05) is 0 Å². The summed E-state index contributed by atoms with van der Waals surface area (Å²) in [5.41, 5.74) is 0.165. The Labute approximate surface area is 168 Å². The highest BCUT2D eigenvalue weighted by Crippen LogP contribution is 2.35. The van der Waals surface area contributed by atoms with Gasteiger partial charge in [0, 0.05) is 10.7 Å². The number of hydrogen-bond donors (Lipinski definition) is 1. The zero-order valence-corrected chi connectivity index (χ0v) is 16.8. The third kappa shape index (κ3) is 3.89. The Morgan fingerprint density at radius 2 is 1.68 bits per heavy atom. The number of carbonyl (C=O) groups excluding carboxylic acids is 3. The first kappa shape index (κ1) is 21.1. The molecule has 1 aromatic carbocycles. The van der Waals surface area contributed by atoms with E-state index in [9.17, 15) is 24.3 Å². The molecule has 146 valence electrons. The van der Waals surface area contributed by atoms with E-state index in [-0.39, 0.29) is 27.0 Å². The number of halogens is 1. The fourth-order valence-corrected chi connectivity index (χ4v) is 3.06. The van der Waals surface area contributed by atoms with Gasteiger partial charge in [0.25, 0.3) is 5.78 Å². The number of rotatable bonds is 5. The van der Waals surface area contributed by atoms with Gasteiger partial charge in [0.2, 0.25) is 0 Å². The van der Waals surface area contributed by atoms with Crippen molar-refractivity contribution >= 4 is 45.3 Å². The molecule has 0 aromatic heterocycles. The Hall–Kier alpha value is -3.20. The van der Waals surface area contributed by atoms with Gasteiger partial charge in [-0.05, 0) is 46.6 Å². The minimum atomic E-state index is -1.67. The zero-order valence-electron chi connectivity index (χ0n) is 15.2. The maximum atomic E-state index is 12.5. The van der Waals surface area contributed by atoms with Gasteiger partial charge in [-0.1, -0.05) is 12.1 Å². The van der Waals surface area contributed by atoms with Crippen LogP contribution in [0.5, 0.6) is 0 Å². The summed E-state index contributed by atoms with van der Waals surface area (Å²) in [6.45, 7) is 1.68. The summed E-state index contributed by atoms with van der Waals surface area (Å²) in [6, 6.07) is 3.11. The molecule has 0 spiro atoms. The van der Waals surface area contributed by atoms with E-state index in [1.54, 1.807) is 13.0 Å². The molecule has 0 atom stereocenters. The molecule has 9 heteroatoms. The summed E-state index contributed by atoms with van der Waals surface area (Å²) in [7, 11) is 2.29. The Morgan fingerprint density at radius 3 is 2.25 bits per heavy atom.